The Bertz CT molecular complexity index is 566. The van der Waals surface area contributed by atoms with E-state index in [0.29, 0.717) is 6.42 Å². The number of rotatable bonds is 2. The van der Waals surface area contributed by atoms with Gasteiger partial charge in [-0.2, -0.15) is 0 Å². The van der Waals surface area contributed by atoms with Crippen LogP contribution in [0, 0.1) is 13.8 Å². The minimum atomic E-state index is -0.889. The van der Waals surface area contributed by atoms with Gasteiger partial charge in [-0.25, -0.2) is 0 Å². The van der Waals surface area contributed by atoms with Gasteiger partial charge in [0.05, 0.1) is 11.4 Å². The summed E-state index contributed by atoms with van der Waals surface area (Å²) in [5, 5.41) is 2.79. The molecule has 1 N–H and O–H groups in total. The molecule has 108 valence electrons. The zero-order valence-corrected chi connectivity index (χ0v) is 12.7. The van der Waals surface area contributed by atoms with Gasteiger partial charge < -0.3 is 5.32 Å². The number of carbonyl (C=O) groups excluding carboxylic acids is 2. The zero-order chi connectivity index (χ0) is 15.1. The second-order valence-electron chi connectivity index (χ2n) is 5.77. The third-order valence-corrected chi connectivity index (χ3v) is 3.65. The molecule has 5 heteroatoms. The summed E-state index contributed by atoms with van der Waals surface area (Å²) in [7, 11) is 0. The van der Waals surface area contributed by atoms with Gasteiger partial charge >= 0.3 is 0 Å². The molecule has 2 heterocycles. The molecule has 1 aliphatic rings. The van der Waals surface area contributed by atoms with Crippen molar-refractivity contribution in [2.75, 3.05) is 4.90 Å². The summed E-state index contributed by atoms with van der Waals surface area (Å²) in [5.41, 5.74) is 1.49. The van der Waals surface area contributed by atoms with E-state index in [1.807, 2.05) is 32.9 Å². The number of pyridine rings is 1. The van der Waals surface area contributed by atoms with Gasteiger partial charge in [-0.3, -0.25) is 19.5 Å². The summed E-state index contributed by atoms with van der Waals surface area (Å²) in [5.74, 6) is -0.213. The average molecular weight is 275 g/mol. The van der Waals surface area contributed by atoms with E-state index in [0.717, 1.165) is 17.1 Å². The molecule has 1 aromatic rings. The molecule has 20 heavy (non-hydrogen) atoms. The van der Waals surface area contributed by atoms with Crippen LogP contribution < -0.4 is 10.2 Å². The van der Waals surface area contributed by atoms with E-state index in [-0.39, 0.29) is 11.8 Å². The lowest BCUT2D eigenvalue weighted by atomic mass is 9.95. The van der Waals surface area contributed by atoms with Crippen LogP contribution in [0.25, 0.3) is 0 Å². The largest absolute Gasteiger partial charge is 0.340 e. The summed E-state index contributed by atoms with van der Waals surface area (Å²) >= 11 is 0. The van der Waals surface area contributed by atoms with Crippen LogP contribution in [0.2, 0.25) is 0 Å². The first-order valence-electron chi connectivity index (χ1n) is 6.88. The maximum absolute atomic E-state index is 12.7. The molecular formula is C15H21N3O2. The van der Waals surface area contributed by atoms with Crippen molar-refractivity contribution in [1.29, 1.82) is 0 Å². The monoisotopic (exact) mass is 275 g/mol. The van der Waals surface area contributed by atoms with Gasteiger partial charge in [0.25, 0.3) is 5.91 Å². The van der Waals surface area contributed by atoms with Gasteiger partial charge in [0, 0.05) is 5.69 Å². The van der Waals surface area contributed by atoms with Crippen LogP contribution in [0.15, 0.2) is 12.1 Å². The van der Waals surface area contributed by atoms with E-state index in [2.05, 4.69) is 10.3 Å². The Balaban J connectivity index is 2.54. The maximum Gasteiger partial charge on any atom is 0.252 e. The molecule has 0 aromatic carbocycles. The SMILES string of the molecule is CCC1C(=O)NC(C)(C)C(=O)N1c1ccc(C)nc1C. The van der Waals surface area contributed by atoms with Gasteiger partial charge in [0.15, 0.2) is 0 Å². The minimum Gasteiger partial charge on any atom is -0.340 e. The van der Waals surface area contributed by atoms with Gasteiger partial charge in [0.2, 0.25) is 5.91 Å². The van der Waals surface area contributed by atoms with E-state index < -0.39 is 11.6 Å². The molecule has 0 aliphatic carbocycles. The smallest absolute Gasteiger partial charge is 0.252 e. The molecule has 2 rings (SSSR count). The number of aromatic nitrogens is 1. The number of nitrogens with one attached hydrogen (secondary N) is 1. The van der Waals surface area contributed by atoms with Gasteiger partial charge in [0.1, 0.15) is 11.6 Å². The van der Waals surface area contributed by atoms with Gasteiger partial charge in [-0.1, -0.05) is 6.92 Å². The molecule has 1 aromatic heterocycles. The fraction of sp³-hybridized carbons (Fsp3) is 0.533. The minimum absolute atomic E-state index is 0.0993. The Morgan fingerprint density at radius 2 is 1.95 bits per heavy atom. The molecule has 0 saturated carbocycles. The molecule has 0 bridgehead atoms. The second kappa shape index (κ2) is 4.89. The third kappa shape index (κ3) is 2.28. The van der Waals surface area contributed by atoms with Gasteiger partial charge in [-0.15, -0.1) is 0 Å². The first kappa shape index (κ1) is 14.5. The van der Waals surface area contributed by atoms with Crippen LogP contribution in [0.4, 0.5) is 5.69 Å². The lowest BCUT2D eigenvalue weighted by Crippen LogP contribution is -2.68. The number of hydrogen-bond donors (Lipinski definition) is 1. The van der Waals surface area contributed by atoms with E-state index in [1.54, 1.807) is 18.7 Å². The van der Waals surface area contributed by atoms with Crippen molar-refractivity contribution < 1.29 is 9.59 Å². The Morgan fingerprint density at radius 1 is 1.30 bits per heavy atom. The van der Waals surface area contributed by atoms with Crippen molar-refractivity contribution >= 4 is 17.5 Å². The number of amides is 2. The third-order valence-electron chi connectivity index (χ3n) is 3.65. The van der Waals surface area contributed by atoms with Crippen molar-refractivity contribution in [2.45, 2.75) is 52.6 Å². The summed E-state index contributed by atoms with van der Waals surface area (Å²) in [6.07, 6.45) is 0.570. The summed E-state index contributed by atoms with van der Waals surface area (Å²) in [4.78, 5) is 30.9. The number of piperazine rings is 1. The van der Waals surface area contributed by atoms with Crippen molar-refractivity contribution in [3.8, 4) is 0 Å². The summed E-state index contributed by atoms with van der Waals surface area (Å²) in [6.45, 7) is 9.12. The fourth-order valence-corrected chi connectivity index (χ4v) is 2.58. The number of aryl methyl sites for hydroxylation is 2. The highest BCUT2D eigenvalue weighted by Gasteiger charge is 2.45. The highest BCUT2D eigenvalue weighted by Crippen LogP contribution is 2.28. The van der Waals surface area contributed by atoms with Crippen LogP contribution >= 0.6 is 0 Å². The van der Waals surface area contributed by atoms with E-state index in [4.69, 9.17) is 0 Å². The van der Waals surface area contributed by atoms with Crippen molar-refractivity contribution in [1.82, 2.24) is 10.3 Å². The highest BCUT2D eigenvalue weighted by molar-refractivity contribution is 6.10. The van der Waals surface area contributed by atoms with Crippen molar-refractivity contribution in [2.24, 2.45) is 0 Å². The lowest BCUT2D eigenvalue weighted by molar-refractivity contribution is -0.137. The van der Waals surface area contributed by atoms with Crippen molar-refractivity contribution in [3.05, 3.63) is 23.5 Å². The van der Waals surface area contributed by atoms with Crippen LogP contribution in [0.5, 0.6) is 0 Å². The first-order valence-corrected chi connectivity index (χ1v) is 6.88. The number of nitrogens with zero attached hydrogens (tertiary/aromatic N) is 2. The standard InChI is InChI=1S/C15H21N3O2/c1-6-11-13(19)17-15(4,5)14(20)18(11)12-8-7-9(2)16-10(12)3/h7-8,11H,6H2,1-5H3,(H,17,19). The number of hydrogen-bond acceptors (Lipinski definition) is 3. The predicted molar refractivity (Wildman–Crippen MR) is 77.5 cm³/mol. The van der Waals surface area contributed by atoms with Gasteiger partial charge in [-0.05, 0) is 46.2 Å². The molecule has 1 aliphatic heterocycles. The molecule has 0 radical (unpaired) electrons. The zero-order valence-electron chi connectivity index (χ0n) is 12.7. The molecule has 5 nitrogen and oxygen atoms in total. The van der Waals surface area contributed by atoms with E-state index >= 15 is 0 Å². The number of anilines is 1. The number of carbonyl (C=O) groups is 2. The molecule has 2 amide bonds. The molecule has 1 unspecified atom stereocenters. The van der Waals surface area contributed by atoms with E-state index in [9.17, 15) is 9.59 Å². The Kier molecular flexibility index (Phi) is 3.54. The van der Waals surface area contributed by atoms with Crippen LogP contribution in [-0.4, -0.2) is 28.4 Å². The fourth-order valence-electron chi connectivity index (χ4n) is 2.58. The van der Waals surface area contributed by atoms with Crippen LogP contribution in [0.1, 0.15) is 38.6 Å². The lowest BCUT2D eigenvalue weighted by Gasteiger charge is -2.42. The highest BCUT2D eigenvalue weighted by atomic mass is 16.2. The first-order chi connectivity index (χ1) is 9.27. The van der Waals surface area contributed by atoms with Crippen molar-refractivity contribution in [3.63, 3.8) is 0 Å². The second-order valence-corrected chi connectivity index (χ2v) is 5.77. The normalized spacial score (nSPS) is 21.9. The molecule has 1 atom stereocenters. The summed E-state index contributed by atoms with van der Waals surface area (Å²) < 4.78 is 0. The molecule has 1 saturated heterocycles. The summed E-state index contributed by atoms with van der Waals surface area (Å²) in [6, 6.07) is 3.26. The van der Waals surface area contributed by atoms with E-state index in [1.165, 1.54) is 0 Å². The Labute approximate surface area is 119 Å². The topological polar surface area (TPSA) is 62.3 Å². The average Bonchev–Trinajstić information content (AvgIpc) is 2.34. The molecular weight excluding hydrogens is 254 g/mol. The molecule has 1 fully saturated rings. The Morgan fingerprint density at radius 3 is 2.50 bits per heavy atom. The quantitative estimate of drug-likeness (QED) is 0.894. The van der Waals surface area contributed by atoms with Crippen LogP contribution in [-0.2, 0) is 9.59 Å². The Hall–Kier alpha value is -1.91. The van der Waals surface area contributed by atoms with Crippen LogP contribution in [0.3, 0.4) is 0 Å². The molecule has 0 spiro atoms. The predicted octanol–water partition coefficient (Wildman–Crippen LogP) is 1.72. The maximum atomic E-state index is 12.7.